The predicted molar refractivity (Wildman–Crippen MR) is 106 cm³/mol. The van der Waals surface area contributed by atoms with Crippen LogP contribution in [0, 0.1) is 6.92 Å². The smallest absolute Gasteiger partial charge is 0.230 e. The third-order valence-corrected chi connectivity index (χ3v) is 5.33. The lowest BCUT2D eigenvalue weighted by Gasteiger charge is -2.28. The van der Waals surface area contributed by atoms with E-state index < -0.39 is 6.10 Å². The summed E-state index contributed by atoms with van der Waals surface area (Å²) in [5.41, 5.74) is 1.07. The molecule has 27 heavy (non-hydrogen) atoms. The van der Waals surface area contributed by atoms with Gasteiger partial charge in [0.15, 0.2) is 0 Å². The van der Waals surface area contributed by atoms with Gasteiger partial charge in [0, 0.05) is 50.2 Å². The van der Waals surface area contributed by atoms with Crippen molar-refractivity contribution < 1.29 is 14.3 Å². The molecular formula is C19H28N4O3S. The predicted octanol–water partition coefficient (Wildman–Crippen LogP) is 1.80. The molecule has 2 heterocycles. The number of benzene rings is 1. The Morgan fingerprint density at radius 2 is 2.04 bits per heavy atom. The fourth-order valence-electron chi connectivity index (χ4n) is 3.07. The van der Waals surface area contributed by atoms with Crippen molar-refractivity contribution in [2.24, 2.45) is 0 Å². The third-order valence-electron chi connectivity index (χ3n) is 4.39. The third kappa shape index (κ3) is 6.49. The van der Waals surface area contributed by atoms with Gasteiger partial charge in [-0.2, -0.15) is 11.8 Å². The number of β-amino-alcohol motifs (C(OH)–C–C–N with tert-alkyl or cyclic N) is 1. The summed E-state index contributed by atoms with van der Waals surface area (Å²) in [5, 5.41) is 18.2. The molecule has 0 radical (unpaired) electrons. The van der Waals surface area contributed by atoms with Crippen molar-refractivity contribution in [2.45, 2.75) is 26.1 Å². The Bertz CT molecular complexity index is 706. The van der Waals surface area contributed by atoms with Gasteiger partial charge in [0.2, 0.25) is 11.8 Å². The summed E-state index contributed by atoms with van der Waals surface area (Å²) >= 11 is 1.97. The molecule has 1 unspecified atom stereocenters. The fourth-order valence-corrected chi connectivity index (χ4v) is 4.05. The minimum Gasteiger partial charge on any atom is -0.491 e. The molecule has 1 aromatic carbocycles. The van der Waals surface area contributed by atoms with Gasteiger partial charge in [-0.3, -0.25) is 9.80 Å². The van der Waals surface area contributed by atoms with Crippen LogP contribution >= 0.6 is 11.8 Å². The van der Waals surface area contributed by atoms with Crippen molar-refractivity contribution in [1.82, 2.24) is 20.0 Å². The molecule has 0 spiro atoms. The number of aliphatic hydroxyl groups excluding tert-OH is 1. The lowest BCUT2D eigenvalue weighted by Crippen LogP contribution is -2.40. The number of ether oxygens (including phenoxy) is 1. The maximum Gasteiger partial charge on any atom is 0.230 e. The number of aromatic nitrogens is 2. The Morgan fingerprint density at radius 3 is 2.78 bits per heavy atom. The molecule has 1 atom stereocenters. The zero-order chi connectivity index (χ0) is 19.1. The van der Waals surface area contributed by atoms with Gasteiger partial charge in [-0.05, 0) is 13.1 Å². The second-order valence-corrected chi connectivity index (χ2v) is 8.10. The zero-order valence-corrected chi connectivity index (χ0v) is 16.8. The minimum atomic E-state index is -0.486. The molecule has 2 aromatic rings. The van der Waals surface area contributed by atoms with Crippen LogP contribution in [0.5, 0.6) is 5.75 Å². The van der Waals surface area contributed by atoms with Crippen molar-refractivity contribution >= 4 is 11.8 Å². The van der Waals surface area contributed by atoms with Crippen LogP contribution in [0.4, 0.5) is 0 Å². The summed E-state index contributed by atoms with van der Waals surface area (Å²) in [7, 11) is 2.00. The van der Waals surface area contributed by atoms with Gasteiger partial charge in [-0.1, -0.05) is 18.2 Å². The molecule has 1 saturated heterocycles. The molecule has 1 aliphatic rings. The van der Waals surface area contributed by atoms with E-state index in [2.05, 4.69) is 20.0 Å². The zero-order valence-electron chi connectivity index (χ0n) is 16.0. The Balaban J connectivity index is 1.50. The number of aliphatic hydroxyl groups is 1. The number of nitrogens with zero attached hydrogens (tertiary/aromatic N) is 4. The molecule has 8 heteroatoms. The Labute approximate surface area is 164 Å². The highest BCUT2D eigenvalue weighted by Gasteiger charge is 2.16. The van der Waals surface area contributed by atoms with E-state index in [4.69, 9.17) is 9.15 Å². The summed E-state index contributed by atoms with van der Waals surface area (Å²) in [5.74, 6) is 4.26. The molecule has 3 rings (SSSR count). The molecule has 0 aliphatic carbocycles. The highest BCUT2D eigenvalue weighted by atomic mass is 32.2. The maximum absolute atomic E-state index is 10.3. The average molecular weight is 393 g/mol. The molecule has 1 aromatic heterocycles. The van der Waals surface area contributed by atoms with Crippen molar-refractivity contribution in [3.8, 4) is 5.75 Å². The SMILES string of the molecule is Cc1nnc(CN(C)Cc2ccccc2OCC(O)CN2CCSCC2)o1. The van der Waals surface area contributed by atoms with Crippen molar-refractivity contribution in [1.29, 1.82) is 0 Å². The molecule has 1 N–H and O–H groups in total. The van der Waals surface area contributed by atoms with Gasteiger partial charge in [0.05, 0.1) is 6.54 Å². The van der Waals surface area contributed by atoms with E-state index in [1.54, 1.807) is 6.92 Å². The Kier molecular flexibility index (Phi) is 7.51. The lowest BCUT2D eigenvalue weighted by molar-refractivity contribution is 0.0708. The van der Waals surface area contributed by atoms with Gasteiger partial charge >= 0.3 is 0 Å². The van der Waals surface area contributed by atoms with Crippen LogP contribution in [0.3, 0.4) is 0 Å². The van der Waals surface area contributed by atoms with Gasteiger partial charge in [-0.15, -0.1) is 10.2 Å². The van der Waals surface area contributed by atoms with Gasteiger partial charge in [0.25, 0.3) is 0 Å². The van der Waals surface area contributed by atoms with Crippen LogP contribution in [0.1, 0.15) is 17.3 Å². The largest absolute Gasteiger partial charge is 0.491 e. The van der Waals surface area contributed by atoms with Crippen molar-refractivity contribution in [3.05, 3.63) is 41.6 Å². The summed E-state index contributed by atoms with van der Waals surface area (Å²) in [6.45, 7) is 6.10. The summed E-state index contributed by atoms with van der Waals surface area (Å²) < 4.78 is 11.4. The topological polar surface area (TPSA) is 74.9 Å². The Hall–Kier alpha value is -1.61. The number of thioether (sulfide) groups is 1. The van der Waals surface area contributed by atoms with Crippen molar-refractivity contribution in [3.63, 3.8) is 0 Å². The van der Waals surface area contributed by atoms with E-state index in [0.717, 1.165) is 35.9 Å². The molecule has 0 bridgehead atoms. The van der Waals surface area contributed by atoms with Gasteiger partial charge < -0.3 is 14.3 Å². The lowest BCUT2D eigenvalue weighted by atomic mass is 10.2. The first-order valence-electron chi connectivity index (χ1n) is 9.26. The first-order chi connectivity index (χ1) is 13.1. The Morgan fingerprint density at radius 1 is 1.26 bits per heavy atom. The van der Waals surface area contributed by atoms with E-state index in [1.165, 1.54) is 0 Å². The molecule has 1 fully saturated rings. The molecular weight excluding hydrogens is 364 g/mol. The number of para-hydroxylation sites is 1. The maximum atomic E-state index is 10.3. The molecule has 7 nitrogen and oxygen atoms in total. The van der Waals surface area contributed by atoms with E-state index in [9.17, 15) is 5.11 Å². The quantitative estimate of drug-likeness (QED) is 0.692. The summed E-state index contributed by atoms with van der Waals surface area (Å²) in [6.07, 6.45) is -0.486. The monoisotopic (exact) mass is 392 g/mol. The molecule has 148 valence electrons. The molecule has 0 amide bonds. The van der Waals surface area contributed by atoms with E-state index in [-0.39, 0.29) is 0 Å². The highest BCUT2D eigenvalue weighted by Crippen LogP contribution is 2.20. The van der Waals surface area contributed by atoms with Gasteiger partial charge in [-0.25, -0.2) is 0 Å². The summed E-state index contributed by atoms with van der Waals surface area (Å²) in [6, 6.07) is 7.94. The average Bonchev–Trinajstić information content (AvgIpc) is 3.06. The second-order valence-electron chi connectivity index (χ2n) is 6.87. The number of hydrogen-bond acceptors (Lipinski definition) is 8. The van der Waals surface area contributed by atoms with E-state index >= 15 is 0 Å². The molecule has 1 aliphatic heterocycles. The standard InChI is InChI=1S/C19H28N4O3S/c1-15-20-21-19(26-15)13-22(2)11-16-5-3-4-6-18(16)25-14-17(24)12-23-7-9-27-10-8-23/h3-6,17,24H,7-14H2,1-2H3. The normalized spacial score (nSPS) is 16.6. The van der Waals surface area contributed by atoms with Crippen LogP contribution in [0.15, 0.2) is 28.7 Å². The number of aryl methyl sites for hydroxylation is 1. The first-order valence-corrected chi connectivity index (χ1v) is 10.4. The van der Waals surface area contributed by atoms with Crippen LogP contribution in [0.2, 0.25) is 0 Å². The van der Waals surface area contributed by atoms with Crippen molar-refractivity contribution in [2.75, 3.05) is 44.8 Å². The number of rotatable bonds is 9. The van der Waals surface area contributed by atoms with Gasteiger partial charge in [0.1, 0.15) is 18.5 Å². The molecule has 0 saturated carbocycles. The van der Waals surface area contributed by atoms with Crippen LogP contribution in [-0.2, 0) is 13.1 Å². The fraction of sp³-hybridized carbons (Fsp3) is 0.579. The minimum absolute atomic E-state index is 0.299. The number of hydrogen-bond donors (Lipinski definition) is 1. The van der Waals surface area contributed by atoms with Crippen LogP contribution < -0.4 is 4.74 Å². The highest BCUT2D eigenvalue weighted by molar-refractivity contribution is 7.99. The summed E-state index contributed by atoms with van der Waals surface area (Å²) in [4.78, 5) is 4.40. The second kappa shape index (κ2) is 10.1. The van der Waals surface area contributed by atoms with E-state index in [1.807, 2.05) is 43.1 Å². The first kappa shape index (κ1) is 20.1. The van der Waals surface area contributed by atoms with E-state index in [0.29, 0.717) is 38.0 Å². The van der Waals surface area contributed by atoms with Crippen LogP contribution in [-0.4, -0.2) is 76.0 Å². The van der Waals surface area contributed by atoms with Crippen LogP contribution in [0.25, 0.3) is 0 Å².